The van der Waals surface area contributed by atoms with Gasteiger partial charge < -0.3 is 5.32 Å². The number of pyridine rings is 1. The smallest absolute Gasteiger partial charge is 0.254 e. The maximum absolute atomic E-state index is 11.7. The van der Waals surface area contributed by atoms with E-state index in [0.717, 1.165) is 0 Å². The molecule has 0 fully saturated rings. The fraction of sp³-hybridized carbons (Fsp3) is 0.400. The monoisotopic (exact) mass is 338 g/mol. The molecule has 1 amide bonds. The number of nitrogens with zero attached hydrogens (tertiary/aromatic N) is 1. The molecule has 1 unspecified atom stereocenters. The van der Waals surface area contributed by atoms with Crippen LogP contribution in [0.4, 0.5) is 0 Å². The van der Waals surface area contributed by atoms with Gasteiger partial charge in [0.1, 0.15) is 5.15 Å². The highest BCUT2D eigenvalue weighted by atomic mass is 79.9. The van der Waals surface area contributed by atoms with Crippen molar-refractivity contribution in [1.82, 2.24) is 10.3 Å². The standard InChI is InChI=1S/C10H12BrClN2O2S/c1-17(16)4-2-3-13-10(15)8-5-7(11)6-14-9(8)12/h5-6H,2-4H2,1H3,(H,13,15). The first-order chi connectivity index (χ1) is 8.00. The maximum atomic E-state index is 11.7. The average molecular weight is 340 g/mol. The van der Waals surface area contributed by atoms with Gasteiger partial charge in [0.25, 0.3) is 5.91 Å². The summed E-state index contributed by atoms with van der Waals surface area (Å²) >= 11 is 9.04. The third-order valence-corrected chi connectivity index (χ3v) is 3.54. The van der Waals surface area contributed by atoms with Crippen molar-refractivity contribution in [3.8, 4) is 0 Å². The van der Waals surface area contributed by atoms with E-state index in [1.807, 2.05) is 0 Å². The van der Waals surface area contributed by atoms with Crippen LogP contribution in [0.15, 0.2) is 16.7 Å². The van der Waals surface area contributed by atoms with E-state index in [0.29, 0.717) is 28.8 Å². The fourth-order valence-corrected chi connectivity index (χ4v) is 2.23. The summed E-state index contributed by atoms with van der Waals surface area (Å²) in [5.74, 6) is 0.302. The molecule has 0 aliphatic heterocycles. The van der Waals surface area contributed by atoms with Crippen LogP contribution in [0, 0.1) is 0 Å². The zero-order chi connectivity index (χ0) is 12.8. The van der Waals surface area contributed by atoms with Gasteiger partial charge in [-0.3, -0.25) is 9.00 Å². The Labute approximate surface area is 116 Å². The van der Waals surface area contributed by atoms with Crippen molar-refractivity contribution in [1.29, 1.82) is 0 Å². The molecule has 0 aliphatic rings. The Bertz CT molecular complexity index is 442. The Morgan fingerprint density at radius 2 is 2.35 bits per heavy atom. The summed E-state index contributed by atoms with van der Waals surface area (Å²) in [4.78, 5) is 15.6. The highest BCUT2D eigenvalue weighted by molar-refractivity contribution is 9.10. The molecule has 0 aliphatic carbocycles. The van der Waals surface area contributed by atoms with Gasteiger partial charge in [0, 0.05) is 40.0 Å². The number of nitrogens with one attached hydrogen (secondary N) is 1. The molecule has 0 aromatic carbocycles. The molecule has 1 N–H and O–H groups in total. The molecule has 1 aromatic rings. The molecule has 0 saturated carbocycles. The predicted octanol–water partition coefficient (Wildman–Crippen LogP) is 2.00. The molecule has 1 atom stereocenters. The van der Waals surface area contributed by atoms with Crippen LogP contribution in [0.3, 0.4) is 0 Å². The molecule has 17 heavy (non-hydrogen) atoms. The van der Waals surface area contributed by atoms with Crippen LogP contribution in [0.2, 0.25) is 5.15 Å². The molecular formula is C10H12BrClN2O2S. The third-order valence-electron chi connectivity index (χ3n) is 1.94. The predicted molar refractivity (Wildman–Crippen MR) is 72.8 cm³/mol. The van der Waals surface area contributed by atoms with E-state index in [1.54, 1.807) is 12.3 Å². The van der Waals surface area contributed by atoms with Crippen molar-refractivity contribution in [3.63, 3.8) is 0 Å². The summed E-state index contributed by atoms with van der Waals surface area (Å²) in [7, 11) is -0.830. The summed E-state index contributed by atoms with van der Waals surface area (Å²) in [6.07, 6.45) is 3.84. The lowest BCUT2D eigenvalue weighted by atomic mass is 10.2. The van der Waals surface area contributed by atoms with Crippen LogP contribution in [-0.4, -0.2) is 33.7 Å². The van der Waals surface area contributed by atoms with Gasteiger partial charge in [-0.25, -0.2) is 4.98 Å². The Hall–Kier alpha value is -0.460. The van der Waals surface area contributed by atoms with Crippen LogP contribution in [0.25, 0.3) is 0 Å². The largest absolute Gasteiger partial charge is 0.352 e. The molecule has 1 aromatic heterocycles. The lowest BCUT2D eigenvalue weighted by Crippen LogP contribution is -2.25. The minimum Gasteiger partial charge on any atom is -0.352 e. The number of carbonyl (C=O) groups excluding carboxylic acids is 1. The zero-order valence-electron chi connectivity index (χ0n) is 9.20. The number of carbonyl (C=O) groups is 1. The van der Waals surface area contributed by atoms with Gasteiger partial charge in [-0.1, -0.05) is 11.6 Å². The van der Waals surface area contributed by atoms with Gasteiger partial charge in [-0.15, -0.1) is 0 Å². The van der Waals surface area contributed by atoms with Gasteiger partial charge in [-0.05, 0) is 28.4 Å². The second kappa shape index (κ2) is 7.08. The summed E-state index contributed by atoms with van der Waals surface area (Å²) in [6.45, 7) is 0.473. The third kappa shape index (κ3) is 5.14. The number of hydrogen-bond donors (Lipinski definition) is 1. The van der Waals surface area contributed by atoms with Crippen LogP contribution in [0.5, 0.6) is 0 Å². The van der Waals surface area contributed by atoms with Crippen molar-refractivity contribution < 1.29 is 9.00 Å². The van der Waals surface area contributed by atoms with Crippen molar-refractivity contribution in [3.05, 3.63) is 27.5 Å². The Balaban J connectivity index is 2.52. The normalized spacial score (nSPS) is 12.2. The molecule has 0 spiro atoms. The second-order valence-electron chi connectivity index (χ2n) is 3.38. The fourth-order valence-electron chi connectivity index (χ4n) is 1.15. The van der Waals surface area contributed by atoms with Crippen molar-refractivity contribution in [2.45, 2.75) is 6.42 Å². The molecule has 0 bridgehead atoms. The molecule has 0 radical (unpaired) electrons. The van der Waals surface area contributed by atoms with E-state index in [-0.39, 0.29) is 11.1 Å². The lowest BCUT2D eigenvalue weighted by molar-refractivity contribution is 0.0953. The summed E-state index contributed by atoms with van der Waals surface area (Å²) in [5.41, 5.74) is 0.332. The molecule has 94 valence electrons. The van der Waals surface area contributed by atoms with Crippen molar-refractivity contribution in [2.75, 3.05) is 18.6 Å². The minimum absolute atomic E-state index is 0.171. The lowest BCUT2D eigenvalue weighted by Gasteiger charge is -2.06. The Morgan fingerprint density at radius 1 is 1.65 bits per heavy atom. The van der Waals surface area contributed by atoms with Crippen LogP contribution >= 0.6 is 27.5 Å². The highest BCUT2D eigenvalue weighted by Crippen LogP contribution is 2.17. The zero-order valence-corrected chi connectivity index (χ0v) is 12.4. The van der Waals surface area contributed by atoms with Gasteiger partial charge in [-0.2, -0.15) is 0 Å². The quantitative estimate of drug-likeness (QED) is 0.659. The molecule has 7 heteroatoms. The first-order valence-electron chi connectivity index (χ1n) is 4.90. The minimum atomic E-state index is -0.830. The molecule has 1 heterocycles. The van der Waals surface area contributed by atoms with E-state index in [4.69, 9.17) is 11.6 Å². The molecule has 0 saturated heterocycles. The molecule has 1 rings (SSSR count). The number of amides is 1. The molecule has 4 nitrogen and oxygen atoms in total. The van der Waals surface area contributed by atoms with E-state index in [2.05, 4.69) is 26.2 Å². The average Bonchev–Trinajstić information content (AvgIpc) is 2.27. The first-order valence-corrected chi connectivity index (χ1v) is 7.80. The van der Waals surface area contributed by atoms with E-state index in [1.165, 1.54) is 6.20 Å². The second-order valence-corrected chi connectivity index (χ2v) is 6.21. The van der Waals surface area contributed by atoms with Gasteiger partial charge in [0.05, 0.1) is 5.56 Å². The molecular weight excluding hydrogens is 328 g/mol. The van der Waals surface area contributed by atoms with E-state index >= 15 is 0 Å². The topological polar surface area (TPSA) is 59.1 Å². The Kier molecular flexibility index (Phi) is 6.08. The van der Waals surface area contributed by atoms with Crippen LogP contribution < -0.4 is 5.32 Å². The number of rotatable bonds is 5. The van der Waals surface area contributed by atoms with Gasteiger partial charge in [0.2, 0.25) is 0 Å². The van der Waals surface area contributed by atoms with E-state index < -0.39 is 10.8 Å². The number of hydrogen-bond acceptors (Lipinski definition) is 3. The summed E-state index contributed by atoms with van der Waals surface area (Å²) in [5, 5.41) is 2.87. The number of aromatic nitrogens is 1. The SMILES string of the molecule is CS(=O)CCCNC(=O)c1cc(Br)cnc1Cl. The van der Waals surface area contributed by atoms with Crippen molar-refractivity contribution >= 4 is 44.2 Å². The maximum Gasteiger partial charge on any atom is 0.254 e. The van der Waals surface area contributed by atoms with Crippen LogP contribution in [-0.2, 0) is 10.8 Å². The van der Waals surface area contributed by atoms with Gasteiger partial charge in [0.15, 0.2) is 0 Å². The summed E-state index contributed by atoms with van der Waals surface area (Å²) in [6, 6.07) is 1.61. The van der Waals surface area contributed by atoms with Crippen molar-refractivity contribution in [2.24, 2.45) is 0 Å². The van der Waals surface area contributed by atoms with Gasteiger partial charge >= 0.3 is 0 Å². The van der Waals surface area contributed by atoms with Crippen LogP contribution in [0.1, 0.15) is 16.8 Å². The summed E-state index contributed by atoms with van der Waals surface area (Å²) < 4.78 is 11.5. The number of halogens is 2. The highest BCUT2D eigenvalue weighted by Gasteiger charge is 2.11. The van der Waals surface area contributed by atoms with E-state index in [9.17, 15) is 9.00 Å². The first kappa shape index (κ1) is 14.6. The Morgan fingerprint density at radius 3 is 3.00 bits per heavy atom.